The molecule has 1 aliphatic carbocycles. The molecule has 5 nitrogen and oxygen atoms in total. The Kier molecular flexibility index (Phi) is 4.13. The number of sulfonamides is 1. The van der Waals surface area contributed by atoms with Crippen molar-refractivity contribution >= 4 is 27.2 Å². The zero-order valence-electron chi connectivity index (χ0n) is 11.6. The Morgan fingerprint density at radius 2 is 2.25 bits per heavy atom. The molecule has 0 aliphatic heterocycles. The maximum absolute atomic E-state index is 12.5. The summed E-state index contributed by atoms with van der Waals surface area (Å²) < 4.78 is 27.8. The van der Waals surface area contributed by atoms with Crippen molar-refractivity contribution in [1.82, 2.24) is 9.71 Å². The Balaban J connectivity index is 2.34. The number of rotatable bonds is 4. The summed E-state index contributed by atoms with van der Waals surface area (Å²) >= 11 is 4.87. The fourth-order valence-corrected chi connectivity index (χ4v) is 4.43. The Labute approximate surface area is 125 Å². The van der Waals surface area contributed by atoms with Gasteiger partial charge in [-0.2, -0.15) is 0 Å². The second kappa shape index (κ2) is 5.38. The van der Waals surface area contributed by atoms with Crippen molar-refractivity contribution in [3.05, 3.63) is 24.0 Å². The molecule has 1 aromatic rings. The van der Waals surface area contributed by atoms with Gasteiger partial charge in [0.2, 0.25) is 10.0 Å². The van der Waals surface area contributed by atoms with Crippen molar-refractivity contribution in [3.63, 3.8) is 0 Å². The summed E-state index contributed by atoms with van der Waals surface area (Å²) in [5.74, 6) is 0. The summed E-state index contributed by atoms with van der Waals surface area (Å²) in [4.78, 5) is 4.00. The minimum absolute atomic E-state index is 0.0170. The zero-order chi connectivity index (χ0) is 15.0. The first-order valence-corrected chi connectivity index (χ1v) is 8.40. The highest BCUT2D eigenvalue weighted by Crippen LogP contribution is 2.38. The molecule has 1 heterocycles. The van der Waals surface area contributed by atoms with Gasteiger partial charge >= 0.3 is 0 Å². The standard InChI is InChI=1S/C13H19N3O2S2/c1-13(2)7-3-6-10(13)16-20(17,18)9-5-4-8-15-11(9)12(14)19/h4-5,8,10,16H,3,6-7H2,1-2H3,(H2,14,19). The van der Waals surface area contributed by atoms with E-state index in [2.05, 4.69) is 23.6 Å². The van der Waals surface area contributed by atoms with Crippen molar-refractivity contribution in [2.75, 3.05) is 0 Å². The normalized spacial score (nSPS) is 21.8. The monoisotopic (exact) mass is 313 g/mol. The number of thiocarbonyl (C=S) groups is 1. The molecule has 110 valence electrons. The van der Waals surface area contributed by atoms with Gasteiger partial charge in [0.25, 0.3) is 0 Å². The molecule has 0 radical (unpaired) electrons. The van der Waals surface area contributed by atoms with E-state index in [4.69, 9.17) is 18.0 Å². The van der Waals surface area contributed by atoms with Crippen LogP contribution in [0.1, 0.15) is 38.8 Å². The van der Waals surface area contributed by atoms with Crippen LogP contribution in [0.5, 0.6) is 0 Å². The summed E-state index contributed by atoms with van der Waals surface area (Å²) in [6, 6.07) is 2.97. The molecule has 0 spiro atoms. The van der Waals surface area contributed by atoms with Gasteiger partial charge in [-0.05, 0) is 30.4 Å². The average Bonchev–Trinajstić information content (AvgIpc) is 2.68. The lowest BCUT2D eigenvalue weighted by molar-refractivity contribution is 0.313. The SMILES string of the molecule is CC1(C)CCCC1NS(=O)(=O)c1cccnc1C(N)=S. The fourth-order valence-electron chi connectivity index (χ4n) is 2.59. The van der Waals surface area contributed by atoms with Crippen LogP contribution in [-0.4, -0.2) is 24.4 Å². The molecule has 1 atom stereocenters. The summed E-state index contributed by atoms with van der Waals surface area (Å²) in [5, 5.41) is 0. The third kappa shape index (κ3) is 2.99. The number of nitrogens with zero attached hydrogens (tertiary/aromatic N) is 1. The average molecular weight is 313 g/mol. The molecule has 0 saturated heterocycles. The number of aromatic nitrogens is 1. The van der Waals surface area contributed by atoms with Crippen molar-refractivity contribution in [3.8, 4) is 0 Å². The molecule has 20 heavy (non-hydrogen) atoms. The van der Waals surface area contributed by atoms with Crippen molar-refractivity contribution in [2.45, 2.75) is 44.0 Å². The number of pyridine rings is 1. The first-order valence-electron chi connectivity index (χ1n) is 6.51. The smallest absolute Gasteiger partial charge is 0.243 e. The van der Waals surface area contributed by atoms with Crippen molar-refractivity contribution in [2.24, 2.45) is 11.1 Å². The molecule has 0 bridgehead atoms. The molecule has 0 aromatic carbocycles. The molecule has 1 unspecified atom stereocenters. The van der Waals surface area contributed by atoms with Gasteiger partial charge in [0.05, 0.1) is 0 Å². The Hall–Kier alpha value is -1.05. The molecule has 1 aliphatic rings. The number of hydrogen-bond donors (Lipinski definition) is 2. The van der Waals surface area contributed by atoms with Gasteiger partial charge in [-0.1, -0.05) is 32.5 Å². The van der Waals surface area contributed by atoms with Crippen molar-refractivity contribution in [1.29, 1.82) is 0 Å². The minimum atomic E-state index is -3.67. The van der Waals surface area contributed by atoms with Gasteiger partial charge in [0.1, 0.15) is 15.6 Å². The molecular formula is C13H19N3O2S2. The Morgan fingerprint density at radius 1 is 1.55 bits per heavy atom. The van der Waals surface area contributed by atoms with Crippen LogP contribution in [0.15, 0.2) is 23.2 Å². The second-order valence-electron chi connectivity index (χ2n) is 5.77. The van der Waals surface area contributed by atoms with E-state index in [0.29, 0.717) is 0 Å². The molecule has 1 fully saturated rings. The van der Waals surface area contributed by atoms with E-state index in [1.165, 1.54) is 12.3 Å². The maximum atomic E-state index is 12.5. The lowest BCUT2D eigenvalue weighted by Gasteiger charge is -2.27. The predicted octanol–water partition coefficient (Wildman–Crippen LogP) is 1.57. The van der Waals surface area contributed by atoms with Crippen LogP contribution in [0.4, 0.5) is 0 Å². The third-order valence-electron chi connectivity index (χ3n) is 3.85. The number of nitrogens with one attached hydrogen (secondary N) is 1. The van der Waals surface area contributed by atoms with Gasteiger partial charge in [-0.15, -0.1) is 0 Å². The van der Waals surface area contributed by atoms with Gasteiger partial charge in [0.15, 0.2) is 0 Å². The van der Waals surface area contributed by atoms with Crippen LogP contribution >= 0.6 is 12.2 Å². The van der Waals surface area contributed by atoms with Crippen LogP contribution in [0.2, 0.25) is 0 Å². The first kappa shape index (κ1) is 15.3. The van der Waals surface area contributed by atoms with Crippen LogP contribution in [0.3, 0.4) is 0 Å². The minimum Gasteiger partial charge on any atom is -0.388 e. The van der Waals surface area contributed by atoms with Crippen LogP contribution in [-0.2, 0) is 10.0 Å². The van der Waals surface area contributed by atoms with Crippen LogP contribution in [0.25, 0.3) is 0 Å². The van der Waals surface area contributed by atoms with E-state index in [9.17, 15) is 8.42 Å². The summed E-state index contributed by atoms with van der Waals surface area (Å²) in [6.07, 6.45) is 4.35. The first-order chi connectivity index (χ1) is 9.24. The van der Waals surface area contributed by atoms with E-state index in [0.717, 1.165) is 19.3 Å². The fraction of sp³-hybridized carbons (Fsp3) is 0.538. The van der Waals surface area contributed by atoms with Crippen LogP contribution < -0.4 is 10.5 Å². The van der Waals surface area contributed by atoms with Crippen LogP contribution in [0, 0.1) is 5.41 Å². The van der Waals surface area contributed by atoms with E-state index < -0.39 is 10.0 Å². The number of hydrogen-bond acceptors (Lipinski definition) is 4. The molecule has 1 aromatic heterocycles. The summed E-state index contributed by atoms with van der Waals surface area (Å²) in [7, 11) is -3.67. The Morgan fingerprint density at radius 3 is 2.80 bits per heavy atom. The van der Waals surface area contributed by atoms with Gasteiger partial charge < -0.3 is 5.73 Å². The summed E-state index contributed by atoms with van der Waals surface area (Å²) in [6.45, 7) is 4.15. The predicted molar refractivity (Wildman–Crippen MR) is 81.9 cm³/mol. The quantitative estimate of drug-likeness (QED) is 0.824. The van der Waals surface area contributed by atoms with E-state index in [-0.39, 0.29) is 27.0 Å². The lowest BCUT2D eigenvalue weighted by atomic mass is 9.88. The molecule has 3 N–H and O–H groups in total. The maximum Gasteiger partial charge on any atom is 0.243 e. The largest absolute Gasteiger partial charge is 0.388 e. The topological polar surface area (TPSA) is 85.1 Å². The third-order valence-corrected chi connectivity index (χ3v) is 5.54. The highest BCUT2D eigenvalue weighted by Gasteiger charge is 2.37. The molecular weight excluding hydrogens is 294 g/mol. The number of nitrogens with two attached hydrogens (primary N) is 1. The molecule has 7 heteroatoms. The lowest BCUT2D eigenvalue weighted by Crippen LogP contribution is -2.42. The van der Waals surface area contributed by atoms with E-state index >= 15 is 0 Å². The highest BCUT2D eigenvalue weighted by atomic mass is 32.2. The molecule has 0 amide bonds. The second-order valence-corrected chi connectivity index (χ2v) is 7.89. The zero-order valence-corrected chi connectivity index (χ0v) is 13.2. The molecule has 2 rings (SSSR count). The highest BCUT2D eigenvalue weighted by molar-refractivity contribution is 7.89. The van der Waals surface area contributed by atoms with Gasteiger partial charge in [0, 0.05) is 12.2 Å². The van der Waals surface area contributed by atoms with Crippen molar-refractivity contribution < 1.29 is 8.42 Å². The van der Waals surface area contributed by atoms with E-state index in [1.807, 2.05) is 0 Å². The van der Waals surface area contributed by atoms with Gasteiger partial charge in [-0.3, -0.25) is 4.98 Å². The van der Waals surface area contributed by atoms with E-state index in [1.54, 1.807) is 6.07 Å². The molecule has 1 saturated carbocycles. The Bertz CT molecular complexity index is 626. The van der Waals surface area contributed by atoms with Gasteiger partial charge in [-0.25, -0.2) is 13.1 Å². The summed E-state index contributed by atoms with van der Waals surface area (Å²) in [5.41, 5.74) is 5.65.